The molecule has 0 heterocycles. The Balaban J connectivity index is 5.17. The summed E-state index contributed by atoms with van der Waals surface area (Å²) < 4.78 is 23.2. The molecule has 0 N–H and O–H groups in total. The molecule has 0 bridgehead atoms. The highest BCUT2D eigenvalue weighted by Crippen LogP contribution is 2.24. The van der Waals surface area contributed by atoms with E-state index in [1.807, 2.05) is 34.6 Å². The summed E-state index contributed by atoms with van der Waals surface area (Å²) >= 11 is 0. The molecule has 132 valence electrons. The van der Waals surface area contributed by atoms with Crippen molar-refractivity contribution in [3.63, 3.8) is 0 Å². The summed E-state index contributed by atoms with van der Waals surface area (Å²) in [6.45, 7) is 17.0. The van der Waals surface area contributed by atoms with Crippen LogP contribution in [-0.4, -0.2) is 38.6 Å². The van der Waals surface area contributed by atoms with Gasteiger partial charge in [0.2, 0.25) is 0 Å². The van der Waals surface area contributed by atoms with Crippen molar-refractivity contribution < 1.29 is 18.9 Å². The van der Waals surface area contributed by atoms with Crippen LogP contribution in [0, 0.1) is 5.92 Å². The lowest BCUT2D eigenvalue weighted by Gasteiger charge is -2.28. The lowest BCUT2D eigenvalue weighted by atomic mass is 9.94. The number of hydrogen-bond donors (Lipinski definition) is 0. The molecule has 3 unspecified atom stereocenters. The molecule has 0 aliphatic carbocycles. The van der Waals surface area contributed by atoms with Crippen LogP contribution < -0.4 is 0 Å². The van der Waals surface area contributed by atoms with Gasteiger partial charge >= 0.3 is 0 Å². The van der Waals surface area contributed by atoms with Gasteiger partial charge in [0.1, 0.15) is 0 Å². The van der Waals surface area contributed by atoms with E-state index in [2.05, 4.69) is 13.8 Å². The molecule has 0 spiro atoms. The molecule has 0 aliphatic rings. The molecule has 0 aromatic rings. The first-order valence-electron chi connectivity index (χ1n) is 8.74. The Morgan fingerprint density at radius 2 is 1.36 bits per heavy atom. The van der Waals surface area contributed by atoms with Crippen molar-refractivity contribution in [3.05, 3.63) is 11.5 Å². The fourth-order valence-corrected chi connectivity index (χ4v) is 2.39. The molecule has 22 heavy (non-hydrogen) atoms. The SMILES string of the molecule is CCOC(OCC)=C(C)C(CC(OCC)C(C)CC)OCC. The smallest absolute Gasteiger partial charge is 0.280 e. The predicted molar refractivity (Wildman–Crippen MR) is 90.9 cm³/mol. The highest BCUT2D eigenvalue weighted by Gasteiger charge is 2.25. The van der Waals surface area contributed by atoms with E-state index in [4.69, 9.17) is 18.9 Å². The maximum Gasteiger partial charge on any atom is 0.280 e. The van der Waals surface area contributed by atoms with E-state index in [-0.39, 0.29) is 12.2 Å². The van der Waals surface area contributed by atoms with E-state index in [1.165, 1.54) is 0 Å². The van der Waals surface area contributed by atoms with E-state index in [9.17, 15) is 0 Å². The quantitative estimate of drug-likeness (QED) is 0.468. The number of rotatable bonds is 13. The zero-order valence-electron chi connectivity index (χ0n) is 15.6. The average molecular weight is 316 g/mol. The molecule has 3 atom stereocenters. The van der Waals surface area contributed by atoms with E-state index in [0.717, 1.165) is 25.0 Å². The molecule has 0 radical (unpaired) electrons. The largest absolute Gasteiger partial charge is 0.466 e. The molecule has 0 saturated carbocycles. The van der Waals surface area contributed by atoms with Crippen LogP contribution in [0.4, 0.5) is 0 Å². The Kier molecular flexibility index (Phi) is 12.3. The van der Waals surface area contributed by atoms with Crippen LogP contribution in [0.15, 0.2) is 11.5 Å². The Hall–Kier alpha value is -0.740. The highest BCUT2D eigenvalue weighted by atomic mass is 16.7. The van der Waals surface area contributed by atoms with Gasteiger partial charge in [0.05, 0.1) is 25.4 Å². The first kappa shape index (κ1) is 21.3. The Morgan fingerprint density at radius 3 is 1.77 bits per heavy atom. The van der Waals surface area contributed by atoms with Gasteiger partial charge in [-0.1, -0.05) is 20.3 Å². The van der Waals surface area contributed by atoms with Crippen LogP contribution in [-0.2, 0) is 18.9 Å². The van der Waals surface area contributed by atoms with Gasteiger partial charge in [0.25, 0.3) is 5.95 Å². The second kappa shape index (κ2) is 12.8. The van der Waals surface area contributed by atoms with Crippen molar-refractivity contribution >= 4 is 0 Å². The third kappa shape index (κ3) is 7.50. The second-order valence-corrected chi connectivity index (χ2v) is 5.40. The lowest BCUT2D eigenvalue weighted by molar-refractivity contribution is -0.0285. The van der Waals surface area contributed by atoms with Crippen LogP contribution in [0.5, 0.6) is 0 Å². The van der Waals surface area contributed by atoms with Crippen LogP contribution in [0.2, 0.25) is 0 Å². The first-order chi connectivity index (χ1) is 10.5. The fourth-order valence-electron chi connectivity index (χ4n) is 2.39. The fraction of sp³-hybridized carbons (Fsp3) is 0.889. The summed E-state index contributed by atoms with van der Waals surface area (Å²) in [5.74, 6) is 1.10. The molecule has 0 aromatic carbocycles. The Labute approximate surface area is 137 Å². The van der Waals surface area contributed by atoms with Gasteiger partial charge in [-0.3, -0.25) is 0 Å². The zero-order valence-corrected chi connectivity index (χ0v) is 15.6. The molecule has 0 saturated heterocycles. The van der Waals surface area contributed by atoms with Crippen molar-refractivity contribution in [2.24, 2.45) is 5.92 Å². The molecule has 0 aliphatic heterocycles. The van der Waals surface area contributed by atoms with Crippen LogP contribution in [0.25, 0.3) is 0 Å². The van der Waals surface area contributed by atoms with Gasteiger partial charge in [-0.15, -0.1) is 0 Å². The van der Waals surface area contributed by atoms with Gasteiger partial charge in [-0.25, -0.2) is 0 Å². The molecule has 0 rings (SSSR count). The predicted octanol–water partition coefficient (Wildman–Crippen LogP) is 4.54. The average Bonchev–Trinajstić information content (AvgIpc) is 2.52. The van der Waals surface area contributed by atoms with Gasteiger partial charge in [0, 0.05) is 25.2 Å². The number of hydrogen-bond acceptors (Lipinski definition) is 4. The molecular weight excluding hydrogens is 280 g/mol. The highest BCUT2D eigenvalue weighted by molar-refractivity contribution is 5.08. The normalized spacial score (nSPS) is 15.0. The monoisotopic (exact) mass is 316 g/mol. The van der Waals surface area contributed by atoms with Crippen LogP contribution in [0.3, 0.4) is 0 Å². The second-order valence-electron chi connectivity index (χ2n) is 5.40. The molecule has 0 aromatic heterocycles. The molecule has 0 amide bonds. The minimum atomic E-state index is -0.0383. The third-order valence-corrected chi connectivity index (χ3v) is 3.83. The summed E-state index contributed by atoms with van der Waals surface area (Å²) in [5, 5.41) is 0. The summed E-state index contributed by atoms with van der Waals surface area (Å²) in [6, 6.07) is 0. The van der Waals surface area contributed by atoms with E-state index >= 15 is 0 Å². The first-order valence-corrected chi connectivity index (χ1v) is 8.74. The van der Waals surface area contributed by atoms with Crippen molar-refractivity contribution in [2.45, 2.75) is 73.5 Å². The van der Waals surface area contributed by atoms with Gasteiger partial charge in [-0.2, -0.15) is 0 Å². The van der Waals surface area contributed by atoms with Gasteiger partial charge < -0.3 is 18.9 Å². The van der Waals surface area contributed by atoms with Gasteiger partial charge in [-0.05, 0) is 40.5 Å². The van der Waals surface area contributed by atoms with E-state index in [0.29, 0.717) is 31.7 Å². The maximum absolute atomic E-state index is 5.95. The molecular formula is C18H36O4. The topological polar surface area (TPSA) is 36.9 Å². The van der Waals surface area contributed by atoms with Crippen molar-refractivity contribution in [1.29, 1.82) is 0 Å². The Morgan fingerprint density at radius 1 is 0.818 bits per heavy atom. The summed E-state index contributed by atoms with van der Waals surface area (Å²) in [5.41, 5.74) is 1.01. The summed E-state index contributed by atoms with van der Waals surface area (Å²) in [7, 11) is 0. The van der Waals surface area contributed by atoms with Crippen molar-refractivity contribution in [2.75, 3.05) is 26.4 Å². The zero-order chi connectivity index (χ0) is 17.0. The van der Waals surface area contributed by atoms with Crippen LogP contribution >= 0.6 is 0 Å². The van der Waals surface area contributed by atoms with Crippen molar-refractivity contribution in [3.8, 4) is 0 Å². The summed E-state index contributed by atoms with van der Waals surface area (Å²) in [4.78, 5) is 0. The molecule has 0 fully saturated rings. The lowest BCUT2D eigenvalue weighted by Crippen LogP contribution is -2.30. The maximum atomic E-state index is 5.95. The number of ether oxygens (including phenoxy) is 4. The van der Waals surface area contributed by atoms with E-state index in [1.54, 1.807) is 0 Å². The van der Waals surface area contributed by atoms with E-state index < -0.39 is 0 Å². The standard InChI is InChI=1S/C18H36O4/c1-8-14(6)16(19-9-2)13-17(20-10-3)15(7)18(21-11-4)22-12-5/h14,16-17H,8-13H2,1-7H3. The summed E-state index contributed by atoms with van der Waals surface area (Å²) in [6.07, 6.45) is 2.07. The van der Waals surface area contributed by atoms with Gasteiger partial charge in [0.15, 0.2) is 0 Å². The minimum Gasteiger partial charge on any atom is -0.466 e. The minimum absolute atomic E-state index is 0.0383. The molecule has 4 heteroatoms. The molecule has 4 nitrogen and oxygen atoms in total. The third-order valence-electron chi connectivity index (χ3n) is 3.83. The van der Waals surface area contributed by atoms with Crippen LogP contribution in [0.1, 0.15) is 61.3 Å². The Bertz CT molecular complexity index is 293. The van der Waals surface area contributed by atoms with Crippen molar-refractivity contribution in [1.82, 2.24) is 0 Å².